The molecule has 2 fully saturated rings. The van der Waals surface area contributed by atoms with Crippen LogP contribution in [0.4, 0.5) is 0 Å². The van der Waals surface area contributed by atoms with E-state index in [-0.39, 0.29) is 52.9 Å². The fourth-order valence-electron chi connectivity index (χ4n) is 5.17. The van der Waals surface area contributed by atoms with Crippen LogP contribution in [0.15, 0.2) is 24.3 Å². The molecule has 8 atom stereocenters. The van der Waals surface area contributed by atoms with Crippen molar-refractivity contribution in [1.82, 2.24) is 5.32 Å². The molecule has 0 saturated carbocycles. The number of aromatic hydroxyl groups is 4. The van der Waals surface area contributed by atoms with E-state index >= 15 is 0 Å². The summed E-state index contributed by atoms with van der Waals surface area (Å²) in [4.78, 5) is 11.9. The number of fused-ring (bicyclic) bond motifs is 1. The van der Waals surface area contributed by atoms with Gasteiger partial charge in [-0.15, -0.1) is 0 Å². The summed E-state index contributed by atoms with van der Waals surface area (Å²) < 4.78 is 17.7. The molecule has 0 aliphatic carbocycles. The molecule has 2 aromatic rings. The summed E-state index contributed by atoms with van der Waals surface area (Å²) in [7, 11) is 0. The number of hydrogen-bond donors (Lipinski definition) is 9. The van der Waals surface area contributed by atoms with E-state index in [4.69, 9.17) is 14.2 Å². The highest BCUT2D eigenvalue weighted by Crippen LogP contribution is 2.50. The highest BCUT2D eigenvalue weighted by Gasteiger charge is 2.47. The molecule has 13 heteroatoms. The van der Waals surface area contributed by atoms with Crippen LogP contribution in [0.25, 0.3) is 0 Å². The van der Waals surface area contributed by atoms with Crippen LogP contribution in [-0.2, 0) is 20.7 Å². The Morgan fingerprint density at radius 2 is 1.71 bits per heavy atom. The van der Waals surface area contributed by atoms with Crippen molar-refractivity contribution in [1.29, 1.82) is 0 Å². The van der Waals surface area contributed by atoms with Gasteiger partial charge in [0.25, 0.3) is 0 Å². The van der Waals surface area contributed by atoms with Crippen molar-refractivity contribution in [2.75, 3.05) is 6.61 Å². The molecular formula is C25H29NO12. The molecule has 2 saturated heterocycles. The van der Waals surface area contributed by atoms with Crippen molar-refractivity contribution in [2.24, 2.45) is 0 Å². The summed E-state index contributed by atoms with van der Waals surface area (Å²) in [6, 6.07) is 4.45. The van der Waals surface area contributed by atoms with Crippen LogP contribution in [0, 0.1) is 0 Å². The first kappa shape index (κ1) is 26.3. The molecule has 5 rings (SSSR count). The molecule has 3 aliphatic rings. The van der Waals surface area contributed by atoms with Gasteiger partial charge in [-0.1, -0.05) is 6.07 Å². The predicted octanol–water partition coefficient (Wildman–Crippen LogP) is -0.679. The van der Waals surface area contributed by atoms with Gasteiger partial charge in [-0.25, -0.2) is 0 Å². The van der Waals surface area contributed by atoms with Gasteiger partial charge in [0.1, 0.15) is 47.8 Å². The molecule has 0 spiro atoms. The second-order valence-electron chi connectivity index (χ2n) is 9.66. The average molecular weight is 536 g/mol. The Morgan fingerprint density at radius 3 is 2.37 bits per heavy atom. The van der Waals surface area contributed by atoms with Crippen molar-refractivity contribution >= 4 is 5.91 Å². The average Bonchev–Trinajstić information content (AvgIpc) is 3.31. The van der Waals surface area contributed by atoms with Crippen LogP contribution < -0.4 is 10.1 Å². The Balaban J connectivity index is 1.55. The van der Waals surface area contributed by atoms with E-state index in [2.05, 4.69) is 5.32 Å². The maximum atomic E-state index is 11.9. The van der Waals surface area contributed by atoms with E-state index in [0.717, 1.165) is 6.07 Å². The molecular weight excluding hydrogens is 506 g/mol. The number of phenolic OH excluding ortho intramolecular Hbond substituents is 4. The van der Waals surface area contributed by atoms with E-state index in [1.165, 1.54) is 18.2 Å². The minimum atomic E-state index is -1.71. The Labute approximate surface area is 216 Å². The minimum absolute atomic E-state index is 0.0730. The topological polar surface area (TPSA) is 219 Å². The number of carbonyl (C=O) groups is 1. The molecule has 13 nitrogen and oxygen atoms in total. The minimum Gasteiger partial charge on any atom is -0.507 e. The molecule has 206 valence electrons. The summed E-state index contributed by atoms with van der Waals surface area (Å²) in [5, 5.41) is 84.4. The maximum absolute atomic E-state index is 11.9. The molecule has 0 unspecified atom stereocenters. The van der Waals surface area contributed by atoms with E-state index < -0.39 is 61.3 Å². The zero-order chi connectivity index (χ0) is 27.3. The highest BCUT2D eigenvalue weighted by atomic mass is 16.7. The van der Waals surface area contributed by atoms with Gasteiger partial charge in [-0.2, -0.15) is 0 Å². The van der Waals surface area contributed by atoms with Gasteiger partial charge in [-0.3, -0.25) is 4.79 Å². The normalized spacial score (nSPS) is 32.9. The number of phenols is 4. The van der Waals surface area contributed by atoms with E-state index in [9.17, 15) is 45.6 Å². The Bertz CT molecular complexity index is 1220. The Hall–Kier alpha value is -3.33. The standard InChI is InChI=1S/C25H29NO12/c27-8-17-20(33)21(34)22(35)25(37-17)36-16-6-10-13(29)7-15(31)19(11-2-4-18(32)26-11)24(10)38-23(16)9-1-3-12(28)14(30)5-9/h1,3,5,7,11,16-17,20-23,25,27-31,33-35H,2,4,6,8H2,(H,26,32)/t11-,16-,17-,20-,21-,22-,23-,25-/m1/s1. The SMILES string of the molecule is O=C1CC[C@H](c2c(O)cc(O)c3c2O[C@H](c2ccc(O)c(O)c2)[C@H](O[C@@H]2O[C@H](CO)[C@@H](O)[C@@H](O)[C@H]2O)C3)N1. The van der Waals surface area contributed by atoms with Crippen LogP contribution in [-0.4, -0.2) is 90.2 Å². The Kier molecular flexibility index (Phi) is 6.98. The first-order valence-electron chi connectivity index (χ1n) is 12.1. The van der Waals surface area contributed by atoms with Crippen molar-refractivity contribution < 1.29 is 59.9 Å². The smallest absolute Gasteiger partial charge is 0.220 e. The quantitative estimate of drug-likeness (QED) is 0.218. The number of rotatable bonds is 5. The molecule has 3 heterocycles. The van der Waals surface area contributed by atoms with Crippen molar-refractivity contribution in [3.8, 4) is 28.7 Å². The second kappa shape index (κ2) is 10.1. The van der Waals surface area contributed by atoms with Gasteiger partial charge in [0.05, 0.1) is 18.2 Å². The molecule has 0 radical (unpaired) electrons. The van der Waals surface area contributed by atoms with Gasteiger partial charge < -0.3 is 60.4 Å². The van der Waals surface area contributed by atoms with Crippen LogP contribution in [0.2, 0.25) is 0 Å². The first-order valence-corrected chi connectivity index (χ1v) is 12.1. The number of ether oxygens (including phenoxy) is 3. The number of aliphatic hydroxyl groups is 4. The van der Waals surface area contributed by atoms with E-state index in [1.807, 2.05) is 0 Å². The number of hydrogen-bond acceptors (Lipinski definition) is 12. The fourth-order valence-corrected chi connectivity index (χ4v) is 5.17. The zero-order valence-electron chi connectivity index (χ0n) is 20.0. The lowest BCUT2D eigenvalue weighted by atomic mass is 9.89. The van der Waals surface area contributed by atoms with Crippen LogP contribution in [0.5, 0.6) is 28.7 Å². The summed E-state index contributed by atoms with van der Waals surface area (Å²) >= 11 is 0. The van der Waals surface area contributed by atoms with E-state index in [0.29, 0.717) is 12.0 Å². The zero-order valence-corrected chi connectivity index (χ0v) is 20.0. The third kappa shape index (κ3) is 4.57. The Morgan fingerprint density at radius 1 is 0.947 bits per heavy atom. The molecule has 9 N–H and O–H groups in total. The van der Waals surface area contributed by atoms with Crippen LogP contribution in [0.3, 0.4) is 0 Å². The van der Waals surface area contributed by atoms with Gasteiger partial charge >= 0.3 is 0 Å². The van der Waals surface area contributed by atoms with Crippen LogP contribution >= 0.6 is 0 Å². The lowest BCUT2D eigenvalue weighted by molar-refractivity contribution is -0.317. The fraction of sp³-hybridized carbons (Fsp3) is 0.480. The van der Waals surface area contributed by atoms with Gasteiger partial charge in [0.2, 0.25) is 5.91 Å². The second-order valence-corrected chi connectivity index (χ2v) is 9.66. The first-order chi connectivity index (χ1) is 18.1. The third-order valence-corrected chi connectivity index (χ3v) is 7.19. The summed E-state index contributed by atoms with van der Waals surface area (Å²) in [6.45, 7) is -0.666. The number of benzene rings is 2. The number of carbonyl (C=O) groups excluding carboxylic acids is 1. The van der Waals surface area contributed by atoms with Crippen LogP contribution in [0.1, 0.15) is 41.7 Å². The van der Waals surface area contributed by atoms with Gasteiger partial charge in [0.15, 0.2) is 23.9 Å². The van der Waals surface area contributed by atoms with Crippen molar-refractivity contribution in [3.63, 3.8) is 0 Å². The lowest BCUT2D eigenvalue weighted by Gasteiger charge is -2.43. The molecule has 38 heavy (non-hydrogen) atoms. The number of nitrogens with one attached hydrogen (secondary N) is 1. The van der Waals surface area contributed by atoms with Crippen molar-refractivity contribution in [2.45, 2.75) is 68.2 Å². The highest BCUT2D eigenvalue weighted by molar-refractivity contribution is 5.79. The number of aliphatic hydroxyl groups excluding tert-OH is 4. The van der Waals surface area contributed by atoms with Gasteiger partial charge in [-0.05, 0) is 24.1 Å². The summed E-state index contributed by atoms with van der Waals surface area (Å²) in [6.07, 6.45) is -9.33. The lowest BCUT2D eigenvalue weighted by Crippen LogP contribution is -2.60. The molecule has 2 aromatic carbocycles. The molecule has 1 amide bonds. The molecule has 0 bridgehead atoms. The van der Waals surface area contributed by atoms with E-state index in [1.54, 1.807) is 0 Å². The maximum Gasteiger partial charge on any atom is 0.220 e. The summed E-state index contributed by atoms with van der Waals surface area (Å²) in [5.41, 5.74) is 0.792. The number of amides is 1. The molecule has 0 aromatic heterocycles. The summed E-state index contributed by atoms with van der Waals surface area (Å²) in [5.74, 6) is -1.57. The predicted molar refractivity (Wildman–Crippen MR) is 125 cm³/mol. The van der Waals surface area contributed by atoms with Gasteiger partial charge in [0, 0.05) is 24.5 Å². The van der Waals surface area contributed by atoms with Crippen molar-refractivity contribution in [3.05, 3.63) is 41.0 Å². The monoisotopic (exact) mass is 535 g/mol. The largest absolute Gasteiger partial charge is 0.507 e. The molecule has 3 aliphatic heterocycles. The third-order valence-electron chi connectivity index (χ3n) is 7.19.